The molecule has 4 nitrogen and oxygen atoms in total. The first-order valence-electron chi connectivity index (χ1n) is 10.3. The summed E-state index contributed by atoms with van der Waals surface area (Å²) in [5.74, 6) is 1.63. The van der Waals surface area contributed by atoms with Gasteiger partial charge in [-0.25, -0.2) is 0 Å². The predicted molar refractivity (Wildman–Crippen MR) is 111 cm³/mol. The van der Waals surface area contributed by atoms with Crippen LogP contribution >= 0.6 is 0 Å². The summed E-state index contributed by atoms with van der Waals surface area (Å²) in [4.78, 5) is 2.44. The van der Waals surface area contributed by atoms with Crippen LogP contribution in [0.2, 0.25) is 0 Å². The number of nitriles is 1. The van der Waals surface area contributed by atoms with Crippen molar-refractivity contribution in [2.45, 2.75) is 57.7 Å². The van der Waals surface area contributed by atoms with Gasteiger partial charge in [0.1, 0.15) is 6.10 Å². The molecule has 0 aromatic heterocycles. The molecule has 3 rings (SSSR count). The van der Waals surface area contributed by atoms with Crippen molar-refractivity contribution in [2.75, 3.05) is 13.2 Å². The second-order valence-electron chi connectivity index (χ2n) is 7.25. The molecule has 148 valence electrons. The van der Waals surface area contributed by atoms with Gasteiger partial charge in [-0.05, 0) is 43.9 Å². The van der Waals surface area contributed by atoms with Crippen LogP contribution in [0.1, 0.15) is 44.6 Å². The van der Waals surface area contributed by atoms with Gasteiger partial charge in [0.15, 0.2) is 11.5 Å². The molecule has 0 heterocycles. The zero-order chi connectivity index (χ0) is 19.6. The number of para-hydroxylation sites is 2. The number of benzene rings is 2. The summed E-state index contributed by atoms with van der Waals surface area (Å²) in [5.41, 5.74) is 1.28. The molecule has 1 aliphatic rings. The Morgan fingerprint density at radius 2 is 1.71 bits per heavy atom. The fourth-order valence-corrected chi connectivity index (χ4v) is 3.99. The van der Waals surface area contributed by atoms with E-state index in [-0.39, 0.29) is 6.10 Å². The third kappa shape index (κ3) is 5.50. The van der Waals surface area contributed by atoms with E-state index in [9.17, 15) is 0 Å². The lowest BCUT2D eigenvalue weighted by Gasteiger charge is -2.40. The molecular formula is C24H30N2O2. The molecule has 0 spiro atoms. The average molecular weight is 379 g/mol. The summed E-state index contributed by atoms with van der Waals surface area (Å²) in [6.45, 7) is 4.23. The van der Waals surface area contributed by atoms with Crippen LogP contribution in [0.3, 0.4) is 0 Å². The summed E-state index contributed by atoms with van der Waals surface area (Å²) in [5, 5.41) is 9.15. The standard InChI is InChI=1S/C24H30N2O2/c1-2-27-23-15-8-9-16-24(23)28-22-14-7-6-13-21(22)26(18-10-17-25)19-20-11-4-3-5-12-20/h3-5,8-9,11-12,15-16,21-22H,2,6-7,10,13-14,18-19H2,1H3/t21-,22-/m0/s1. The van der Waals surface area contributed by atoms with Crippen molar-refractivity contribution in [2.24, 2.45) is 0 Å². The predicted octanol–water partition coefficient (Wildman–Crippen LogP) is 5.19. The lowest BCUT2D eigenvalue weighted by molar-refractivity contribution is 0.0306. The van der Waals surface area contributed by atoms with E-state index in [0.29, 0.717) is 19.1 Å². The fraction of sp³-hybridized carbons (Fsp3) is 0.458. The summed E-state index contributed by atoms with van der Waals surface area (Å²) in [6, 6.07) is 21.0. The van der Waals surface area contributed by atoms with E-state index in [1.807, 2.05) is 37.3 Å². The zero-order valence-electron chi connectivity index (χ0n) is 16.7. The number of hydrogen-bond acceptors (Lipinski definition) is 4. The van der Waals surface area contributed by atoms with Gasteiger partial charge in [0, 0.05) is 25.6 Å². The SMILES string of the molecule is CCOc1ccccc1O[C@H]1CCCC[C@@H]1N(CCC#N)Cc1ccccc1. The fourth-order valence-electron chi connectivity index (χ4n) is 3.99. The Kier molecular flexibility index (Phi) is 7.75. The van der Waals surface area contributed by atoms with Gasteiger partial charge in [-0.1, -0.05) is 48.9 Å². The summed E-state index contributed by atoms with van der Waals surface area (Å²) in [6.07, 6.45) is 5.15. The van der Waals surface area contributed by atoms with Crippen LogP contribution in [0.4, 0.5) is 0 Å². The highest BCUT2D eigenvalue weighted by Gasteiger charge is 2.32. The summed E-state index contributed by atoms with van der Waals surface area (Å²) >= 11 is 0. The number of nitrogens with zero attached hydrogens (tertiary/aromatic N) is 2. The molecule has 1 saturated carbocycles. The zero-order valence-corrected chi connectivity index (χ0v) is 16.7. The van der Waals surface area contributed by atoms with Crippen molar-refractivity contribution in [1.29, 1.82) is 5.26 Å². The maximum Gasteiger partial charge on any atom is 0.161 e. The van der Waals surface area contributed by atoms with Crippen molar-refractivity contribution in [3.8, 4) is 17.6 Å². The molecule has 0 saturated heterocycles. The van der Waals surface area contributed by atoms with Gasteiger partial charge >= 0.3 is 0 Å². The molecule has 28 heavy (non-hydrogen) atoms. The molecule has 1 aliphatic carbocycles. The van der Waals surface area contributed by atoms with E-state index in [0.717, 1.165) is 37.4 Å². The Labute approximate surface area is 168 Å². The van der Waals surface area contributed by atoms with E-state index in [1.165, 1.54) is 18.4 Å². The number of hydrogen-bond donors (Lipinski definition) is 0. The highest BCUT2D eigenvalue weighted by atomic mass is 16.5. The average Bonchev–Trinajstić information content (AvgIpc) is 2.74. The monoisotopic (exact) mass is 378 g/mol. The molecule has 2 aromatic carbocycles. The van der Waals surface area contributed by atoms with Gasteiger partial charge in [-0.3, -0.25) is 4.90 Å². The quantitative estimate of drug-likeness (QED) is 0.602. The van der Waals surface area contributed by atoms with E-state index in [2.05, 4.69) is 35.2 Å². The van der Waals surface area contributed by atoms with E-state index in [4.69, 9.17) is 14.7 Å². The lowest BCUT2D eigenvalue weighted by Crippen LogP contribution is -2.48. The van der Waals surface area contributed by atoms with Crippen molar-refractivity contribution in [1.82, 2.24) is 4.90 Å². The third-order valence-corrected chi connectivity index (χ3v) is 5.30. The molecule has 0 radical (unpaired) electrons. The minimum Gasteiger partial charge on any atom is -0.490 e. The molecular weight excluding hydrogens is 348 g/mol. The van der Waals surface area contributed by atoms with Crippen molar-refractivity contribution in [3.05, 3.63) is 60.2 Å². The minimum absolute atomic E-state index is 0.109. The van der Waals surface area contributed by atoms with Crippen molar-refractivity contribution >= 4 is 0 Å². The Bertz CT molecular complexity index is 757. The second-order valence-corrected chi connectivity index (χ2v) is 7.25. The summed E-state index contributed by atoms with van der Waals surface area (Å²) in [7, 11) is 0. The minimum atomic E-state index is 0.109. The molecule has 0 unspecified atom stereocenters. The van der Waals surface area contributed by atoms with E-state index in [1.54, 1.807) is 0 Å². The molecule has 1 fully saturated rings. The highest BCUT2D eigenvalue weighted by Crippen LogP contribution is 2.33. The first-order chi connectivity index (χ1) is 13.8. The van der Waals surface area contributed by atoms with Gasteiger partial charge < -0.3 is 9.47 Å². The van der Waals surface area contributed by atoms with E-state index >= 15 is 0 Å². The second kappa shape index (κ2) is 10.7. The smallest absolute Gasteiger partial charge is 0.161 e. The van der Waals surface area contributed by atoms with Gasteiger partial charge in [-0.2, -0.15) is 5.26 Å². The molecule has 0 bridgehead atoms. The highest BCUT2D eigenvalue weighted by molar-refractivity contribution is 5.39. The lowest BCUT2D eigenvalue weighted by atomic mass is 9.90. The molecule has 2 aromatic rings. The van der Waals surface area contributed by atoms with E-state index < -0.39 is 0 Å². The Morgan fingerprint density at radius 1 is 1.00 bits per heavy atom. The first kappa shape index (κ1) is 20.2. The largest absolute Gasteiger partial charge is 0.490 e. The Balaban J connectivity index is 1.78. The topological polar surface area (TPSA) is 45.5 Å². The first-order valence-corrected chi connectivity index (χ1v) is 10.3. The molecule has 4 heteroatoms. The molecule has 0 N–H and O–H groups in total. The molecule has 2 atom stereocenters. The Hall–Kier alpha value is -2.51. The van der Waals surface area contributed by atoms with Crippen LogP contribution in [0.15, 0.2) is 54.6 Å². The number of rotatable bonds is 9. The van der Waals surface area contributed by atoms with Crippen molar-refractivity contribution < 1.29 is 9.47 Å². The van der Waals surface area contributed by atoms with Crippen molar-refractivity contribution in [3.63, 3.8) is 0 Å². The molecule has 0 aliphatic heterocycles. The van der Waals surface area contributed by atoms with Gasteiger partial charge in [0.05, 0.1) is 12.7 Å². The number of ether oxygens (including phenoxy) is 2. The van der Waals surface area contributed by atoms with Crippen LogP contribution in [-0.2, 0) is 6.54 Å². The van der Waals surface area contributed by atoms with Gasteiger partial charge in [0.2, 0.25) is 0 Å². The van der Waals surface area contributed by atoms with Crippen LogP contribution in [0.25, 0.3) is 0 Å². The maximum absolute atomic E-state index is 9.15. The van der Waals surface area contributed by atoms with Crippen LogP contribution < -0.4 is 9.47 Å². The van der Waals surface area contributed by atoms with Crippen LogP contribution in [0, 0.1) is 11.3 Å². The third-order valence-electron chi connectivity index (χ3n) is 5.30. The van der Waals surface area contributed by atoms with Crippen LogP contribution in [-0.4, -0.2) is 30.2 Å². The van der Waals surface area contributed by atoms with Crippen LogP contribution in [0.5, 0.6) is 11.5 Å². The van der Waals surface area contributed by atoms with Gasteiger partial charge in [-0.15, -0.1) is 0 Å². The van der Waals surface area contributed by atoms with Gasteiger partial charge in [0.25, 0.3) is 0 Å². The Morgan fingerprint density at radius 3 is 2.46 bits per heavy atom. The summed E-state index contributed by atoms with van der Waals surface area (Å²) < 4.78 is 12.3. The maximum atomic E-state index is 9.15. The molecule has 0 amide bonds. The normalized spacial score (nSPS) is 19.2.